The summed E-state index contributed by atoms with van der Waals surface area (Å²) in [5, 5.41) is 12.3. The molecule has 4 heteroatoms. The molecule has 0 saturated carbocycles. The summed E-state index contributed by atoms with van der Waals surface area (Å²) in [6.07, 6.45) is 0. The highest BCUT2D eigenvalue weighted by atomic mass is 16.4. The second-order valence-electron chi connectivity index (χ2n) is 4.85. The van der Waals surface area contributed by atoms with Crippen molar-refractivity contribution in [2.24, 2.45) is 0 Å². The number of hydrogen-bond acceptors (Lipinski definition) is 3. The lowest BCUT2D eigenvalue weighted by molar-refractivity contribution is 0.0697. The molecule has 0 aliphatic carbocycles. The van der Waals surface area contributed by atoms with Crippen molar-refractivity contribution in [1.29, 1.82) is 0 Å². The molecule has 20 heavy (non-hydrogen) atoms. The van der Waals surface area contributed by atoms with Crippen molar-refractivity contribution in [2.75, 3.05) is 11.9 Å². The number of aromatic nitrogens is 1. The van der Waals surface area contributed by atoms with Crippen molar-refractivity contribution in [1.82, 2.24) is 4.98 Å². The quantitative estimate of drug-likeness (QED) is 0.875. The molecule has 104 valence electrons. The van der Waals surface area contributed by atoms with Crippen LogP contribution in [-0.2, 0) is 0 Å². The number of aromatic carboxylic acids is 1. The monoisotopic (exact) mass is 270 g/mol. The van der Waals surface area contributed by atoms with Crippen molar-refractivity contribution in [3.63, 3.8) is 0 Å². The first-order valence-electron chi connectivity index (χ1n) is 6.57. The van der Waals surface area contributed by atoms with Crippen LogP contribution in [0.1, 0.15) is 34.5 Å². The predicted octanol–water partition coefficient (Wildman–Crippen LogP) is 3.30. The van der Waals surface area contributed by atoms with E-state index in [9.17, 15) is 4.79 Å². The van der Waals surface area contributed by atoms with Gasteiger partial charge in [0.1, 0.15) is 11.4 Å². The maximum absolute atomic E-state index is 11.2. The average molecular weight is 270 g/mol. The Morgan fingerprint density at radius 3 is 2.60 bits per heavy atom. The number of pyridine rings is 1. The fourth-order valence-corrected chi connectivity index (χ4v) is 2.01. The Labute approximate surface area is 118 Å². The van der Waals surface area contributed by atoms with Crippen molar-refractivity contribution in [2.45, 2.75) is 19.8 Å². The molecule has 1 unspecified atom stereocenters. The molecule has 0 aliphatic heterocycles. The summed E-state index contributed by atoms with van der Waals surface area (Å²) < 4.78 is 0. The van der Waals surface area contributed by atoms with Crippen LogP contribution in [0.4, 0.5) is 5.82 Å². The van der Waals surface area contributed by atoms with E-state index in [4.69, 9.17) is 5.11 Å². The van der Waals surface area contributed by atoms with Crippen molar-refractivity contribution >= 4 is 11.8 Å². The molecule has 0 saturated heterocycles. The van der Waals surface area contributed by atoms with Crippen LogP contribution in [0, 0.1) is 6.92 Å². The van der Waals surface area contributed by atoms with E-state index in [-0.39, 0.29) is 11.5 Å². The van der Waals surface area contributed by atoms with Gasteiger partial charge in [-0.2, -0.15) is 0 Å². The van der Waals surface area contributed by atoms with Crippen LogP contribution in [0.2, 0.25) is 0 Å². The summed E-state index contributed by atoms with van der Waals surface area (Å²) >= 11 is 0. The minimum atomic E-state index is -0.965. The van der Waals surface area contributed by atoms with Gasteiger partial charge in [0.2, 0.25) is 0 Å². The van der Waals surface area contributed by atoms with E-state index < -0.39 is 5.97 Å². The van der Waals surface area contributed by atoms with Gasteiger partial charge in [-0.25, -0.2) is 9.78 Å². The Hall–Kier alpha value is -2.36. The van der Waals surface area contributed by atoms with Crippen LogP contribution in [0.25, 0.3) is 0 Å². The van der Waals surface area contributed by atoms with Gasteiger partial charge in [0.25, 0.3) is 0 Å². The highest BCUT2D eigenvalue weighted by Gasteiger charge is 2.12. The first-order chi connectivity index (χ1) is 9.58. The van der Waals surface area contributed by atoms with Crippen LogP contribution < -0.4 is 5.32 Å². The first kappa shape index (κ1) is 14.1. The summed E-state index contributed by atoms with van der Waals surface area (Å²) in [5.41, 5.74) is 2.21. The van der Waals surface area contributed by atoms with Gasteiger partial charge in [0.05, 0.1) is 0 Å². The van der Waals surface area contributed by atoms with Gasteiger partial charge in [0.15, 0.2) is 0 Å². The molecule has 4 nitrogen and oxygen atoms in total. The van der Waals surface area contributed by atoms with Gasteiger partial charge in [-0.3, -0.25) is 0 Å². The fraction of sp³-hybridized carbons (Fsp3) is 0.250. The molecule has 0 spiro atoms. The van der Waals surface area contributed by atoms with Crippen LogP contribution in [0.15, 0.2) is 42.5 Å². The van der Waals surface area contributed by atoms with Gasteiger partial charge >= 0.3 is 5.97 Å². The highest BCUT2D eigenvalue weighted by Crippen LogP contribution is 2.18. The lowest BCUT2D eigenvalue weighted by atomic mass is 10.0. The minimum absolute atomic E-state index is 0.205. The number of rotatable bonds is 5. The average Bonchev–Trinajstić information content (AvgIpc) is 2.45. The number of carboxylic acid groups (broad SMARTS) is 1. The van der Waals surface area contributed by atoms with E-state index in [0.717, 1.165) is 5.69 Å². The van der Waals surface area contributed by atoms with Crippen molar-refractivity contribution < 1.29 is 9.90 Å². The fourth-order valence-electron chi connectivity index (χ4n) is 2.01. The van der Waals surface area contributed by atoms with Crippen molar-refractivity contribution in [3.8, 4) is 0 Å². The molecule has 1 heterocycles. The molecule has 1 atom stereocenters. The molecule has 0 fully saturated rings. The second-order valence-corrected chi connectivity index (χ2v) is 4.85. The van der Waals surface area contributed by atoms with E-state index in [1.807, 2.05) is 25.1 Å². The van der Waals surface area contributed by atoms with Gasteiger partial charge in [-0.1, -0.05) is 37.3 Å². The minimum Gasteiger partial charge on any atom is -0.478 e. The lowest BCUT2D eigenvalue weighted by Crippen LogP contribution is -2.14. The standard InChI is InChI=1S/C16H18N2O2/c1-11(13-6-4-3-5-7-13)10-17-15-14(16(19)20)9-8-12(2)18-15/h3-9,11H,10H2,1-2H3,(H,17,18)(H,19,20). The summed E-state index contributed by atoms with van der Waals surface area (Å²) in [6, 6.07) is 13.4. The predicted molar refractivity (Wildman–Crippen MR) is 79.3 cm³/mol. The summed E-state index contributed by atoms with van der Waals surface area (Å²) in [6.45, 7) is 4.58. The third kappa shape index (κ3) is 3.35. The molecule has 2 rings (SSSR count). The Kier molecular flexibility index (Phi) is 4.35. The topological polar surface area (TPSA) is 62.2 Å². The first-order valence-corrected chi connectivity index (χ1v) is 6.57. The SMILES string of the molecule is Cc1ccc(C(=O)O)c(NCC(C)c2ccccc2)n1. The maximum atomic E-state index is 11.2. The second kappa shape index (κ2) is 6.19. The maximum Gasteiger partial charge on any atom is 0.339 e. The molecular formula is C16H18N2O2. The molecule has 2 aromatic rings. The number of benzene rings is 1. The molecule has 0 aliphatic rings. The number of nitrogens with one attached hydrogen (secondary N) is 1. The molecule has 0 bridgehead atoms. The molecule has 0 radical (unpaired) electrons. The Bertz CT molecular complexity index is 597. The smallest absolute Gasteiger partial charge is 0.339 e. The summed E-state index contributed by atoms with van der Waals surface area (Å²) in [5.74, 6) is -0.257. The Balaban J connectivity index is 2.11. The van der Waals surface area contributed by atoms with E-state index in [1.165, 1.54) is 5.56 Å². The Morgan fingerprint density at radius 2 is 1.95 bits per heavy atom. The molecule has 1 aromatic heterocycles. The Morgan fingerprint density at radius 1 is 1.25 bits per heavy atom. The van der Waals surface area contributed by atoms with Crippen LogP contribution in [-0.4, -0.2) is 22.6 Å². The zero-order valence-electron chi connectivity index (χ0n) is 11.6. The zero-order chi connectivity index (χ0) is 14.5. The third-order valence-corrected chi connectivity index (χ3v) is 3.21. The van der Waals surface area contributed by atoms with Gasteiger partial charge < -0.3 is 10.4 Å². The number of carboxylic acids is 1. The molecule has 0 amide bonds. The van der Waals surface area contributed by atoms with Crippen molar-refractivity contribution in [3.05, 3.63) is 59.3 Å². The van der Waals surface area contributed by atoms with E-state index in [0.29, 0.717) is 12.4 Å². The largest absolute Gasteiger partial charge is 0.478 e. The number of aryl methyl sites for hydroxylation is 1. The highest BCUT2D eigenvalue weighted by molar-refractivity contribution is 5.93. The van der Waals surface area contributed by atoms with Crippen LogP contribution in [0.5, 0.6) is 0 Å². The van der Waals surface area contributed by atoms with Crippen LogP contribution >= 0.6 is 0 Å². The summed E-state index contributed by atoms with van der Waals surface area (Å²) in [7, 11) is 0. The van der Waals surface area contributed by atoms with Gasteiger partial charge in [-0.05, 0) is 30.5 Å². The number of hydrogen-bond donors (Lipinski definition) is 2. The van der Waals surface area contributed by atoms with Gasteiger partial charge in [-0.15, -0.1) is 0 Å². The van der Waals surface area contributed by atoms with E-state index >= 15 is 0 Å². The molecular weight excluding hydrogens is 252 g/mol. The van der Waals surface area contributed by atoms with Gasteiger partial charge in [0, 0.05) is 12.2 Å². The lowest BCUT2D eigenvalue weighted by Gasteiger charge is -2.15. The number of anilines is 1. The third-order valence-electron chi connectivity index (χ3n) is 3.21. The summed E-state index contributed by atoms with van der Waals surface area (Å²) in [4.78, 5) is 15.4. The number of nitrogens with zero attached hydrogens (tertiary/aromatic N) is 1. The van der Waals surface area contributed by atoms with E-state index in [2.05, 4.69) is 29.4 Å². The molecule has 1 aromatic carbocycles. The van der Waals surface area contributed by atoms with Crippen LogP contribution in [0.3, 0.4) is 0 Å². The normalized spacial score (nSPS) is 11.9. The van der Waals surface area contributed by atoms with E-state index in [1.54, 1.807) is 12.1 Å². The zero-order valence-corrected chi connectivity index (χ0v) is 11.6. The number of carbonyl (C=O) groups is 1. The molecule has 2 N–H and O–H groups in total.